The fourth-order valence-corrected chi connectivity index (χ4v) is 1.74. The fraction of sp³-hybridized carbons (Fsp3) is 0.333. The van der Waals surface area contributed by atoms with Gasteiger partial charge in [-0.15, -0.1) is 0 Å². The van der Waals surface area contributed by atoms with Gasteiger partial charge >= 0.3 is 6.18 Å². The van der Waals surface area contributed by atoms with Crippen molar-refractivity contribution in [3.63, 3.8) is 0 Å². The van der Waals surface area contributed by atoms with Gasteiger partial charge in [-0.25, -0.2) is 0 Å². The summed E-state index contributed by atoms with van der Waals surface area (Å²) in [6.45, 7) is 0.720. The monoisotopic (exact) mass is 259 g/mol. The van der Waals surface area contributed by atoms with Crippen LogP contribution in [-0.4, -0.2) is 19.8 Å². The average Bonchev–Trinajstić information content (AvgIpc) is 2.34. The zero-order chi connectivity index (χ0) is 13.2. The molecule has 0 saturated carbocycles. The van der Waals surface area contributed by atoms with E-state index in [9.17, 15) is 13.2 Å². The second-order valence-corrected chi connectivity index (χ2v) is 3.69. The van der Waals surface area contributed by atoms with Crippen LogP contribution in [0.1, 0.15) is 11.1 Å². The Bertz CT molecular complexity index is 469. The minimum absolute atomic E-state index is 0.0369. The van der Waals surface area contributed by atoms with Crippen LogP contribution in [0.4, 0.5) is 13.2 Å². The molecule has 3 nitrogen and oxygen atoms in total. The van der Waals surface area contributed by atoms with Gasteiger partial charge in [0.1, 0.15) is 13.2 Å². The van der Waals surface area contributed by atoms with E-state index < -0.39 is 11.7 Å². The summed E-state index contributed by atoms with van der Waals surface area (Å²) in [7, 11) is 0. The number of benzene rings is 1. The summed E-state index contributed by atoms with van der Waals surface area (Å²) in [5.41, 5.74) is 4.48. The van der Waals surface area contributed by atoms with Crippen molar-refractivity contribution in [3.8, 4) is 11.5 Å². The smallest absolute Gasteiger partial charge is 0.417 e. The summed E-state index contributed by atoms with van der Waals surface area (Å²) in [5, 5.41) is 0. The van der Waals surface area contributed by atoms with E-state index in [0.29, 0.717) is 12.4 Å². The highest BCUT2D eigenvalue weighted by atomic mass is 19.4. The molecule has 0 fully saturated rings. The largest absolute Gasteiger partial charge is 0.486 e. The highest BCUT2D eigenvalue weighted by Crippen LogP contribution is 2.42. The maximum absolute atomic E-state index is 12.9. The van der Waals surface area contributed by atoms with Gasteiger partial charge in [-0.2, -0.15) is 13.2 Å². The van der Waals surface area contributed by atoms with Crippen molar-refractivity contribution >= 4 is 6.08 Å². The molecular weight excluding hydrogens is 247 g/mol. The summed E-state index contributed by atoms with van der Waals surface area (Å²) in [5.74, 6) is 0.451. The lowest BCUT2D eigenvalue weighted by atomic mass is 10.0. The topological polar surface area (TPSA) is 44.5 Å². The number of nitrogens with two attached hydrogens (primary N) is 1. The van der Waals surface area contributed by atoms with E-state index in [1.807, 2.05) is 0 Å². The Balaban J connectivity index is 2.57. The maximum atomic E-state index is 12.9. The van der Waals surface area contributed by atoms with Crippen molar-refractivity contribution in [2.75, 3.05) is 19.8 Å². The standard InChI is InChI=1S/C12H12F3NO2/c13-12(14,15)9-3-4-10-11(18-7-6-17-10)8(9)2-1-5-16/h1-4H,5-7,16H2/b2-1+. The maximum Gasteiger partial charge on any atom is 0.417 e. The van der Waals surface area contributed by atoms with E-state index in [1.165, 1.54) is 18.2 Å². The molecule has 0 radical (unpaired) electrons. The number of halogens is 3. The van der Waals surface area contributed by atoms with Crippen molar-refractivity contribution < 1.29 is 22.6 Å². The second-order valence-electron chi connectivity index (χ2n) is 3.69. The van der Waals surface area contributed by atoms with Gasteiger partial charge in [0.05, 0.1) is 5.56 Å². The molecule has 0 spiro atoms. The summed E-state index contributed by atoms with van der Waals surface area (Å²) < 4.78 is 49.2. The van der Waals surface area contributed by atoms with Crippen molar-refractivity contribution in [3.05, 3.63) is 29.3 Å². The van der Waals surface area contributed by atoms with Gasteiger partial charge in [-0.3, -0.25) is 0 Å². The molecule has 0 saturated heterocycles. The predicted molar refractivity (Wildman–Crippen MR) is 60.5 cm³/mol. The van der Waals surface area contributed by atoms with Crippen LogP contribution in [0.2, 0.25) is 0 Å². The lowest BCUT2D eigenvalue weighted by Gasteiger charge is -2.22. The van der Waals surface area contributed by atoms with E-state index in [0.717, 1.165) is 6.07 Å². The first-order valence-electron chi connectivity index (χ1n) is 5.40. The van der Waals surface area contributed by atoms with E-state index in [-0.39, 0.29) is 24.5 Å². The first kappa shape index (κ1) is 12.8. The van der Waals surface area contributed by atoms with Gasteiger partial charge in [0.2, 0.25) is 0 Å². The van der Waals surface area contributed by atoms with E-state index >= 15 is 0 Å². The lowest BCUT2D eigenvalue weighted by molar-refractivity contribution is -0.137. The van der Waals surface area contributed by atoms with Gasteiger partial charge in [0.25, 0.3) is 0 Å². The molecule has 2 N–H and O–H groups in total. The highest BCUT2D eigenvalue weighted by Gasteiger charge is 2.35. The second kappa shape index (κ2) is 4.89. The highest BCUT2D eigenvalue weighted by molar-refractivity contribution is 5.67. The van der Waals surface area contributed by atoms with Crippen molar-refractivity contribution in [2.24, 2.45) is 5.73 Å². The molecular formula is C12H12F3NO2. The van der Waals surface area contributed by atoms with Crippen LogP contribution in [0.15, 0.2) is 18.2 Å². The van der Waals surface area contributed by atoms with Crippen molar-refractivity contribution in [1.82, 2.24) is 0 Å². The summed E-state index contributed by atoms with van der Waals surface area (Å²) in [4.78, 5) is 0. The molecule has 1 aliphatic heterocycles. The zero-order valence-corrected chi connectivity index (χ0v) is 9.46. The normalized spacial score (nSPS) is 15.1. The predicted octanol–water partition coefficient (Wildman–Crippen LogP) is 2.45. The third kappa shape index (κ3) is 2.43. The summed E-state index contributed by atoms with van der Waals surface area (Å²) in [6, 6.07) is 2.26. The molecule has 18 heavy (non-hydrogen) atoms. The quantitative estimate of drug-likeness (QED) is 0.887. The molecule has 0 unspecified atom stereocenters. The minimum Gasteiger partial charge on any atom is -0.486 e. The molecule has 1 aromatic rings. The molecule has 1 aliphatic rings. The number of hydrogen-bond donors (Lipinski definition) is 1. The number of rotatable bonds is 2. The van der Waals surface area contributed by atoms with Gasteiger partial charge < -0.3 is 15.2 Å². The Kier molecular flexibility index (Phi) is 3.47. The van der Waals surface area contributed by atoms with Gasteiger partial charge in [-0.1, -0.05) is 12.2 Å². The van der Waals surface area contributed by atoms with Crippen LogP contribution >= 0.6 is 0 Å². The van der Waals surface area contributed by atoms with Crippen LogP contribution in [-0.2, 0) is 6.18 Å². The molecule has 0 aromatic heterocycles. The third-order valence-corrected chi connectivity index (χ3v) is 2.47. The first-order valence-corrected chi connectivity index (χ1v) is 5.40. The fourth-order valence-electron chi connectivity index (χ4n) is 1.74. The lowest BCUT2D eigenvalue weighted by Crippen LogP contribution is -2.18. The summed E-state index contributed by atoms with van der Waals surface area (Å²) in [6.07, 6.45) is -1.68. The molecule has 2 rings (SSSR count). The van der Waals surface area contributed by atoms with E-state index in [1.54, 1.807) is 0 Å². The van der Waals surface area contributed by atoms with Crippen LogP contribution < -0.4 is 15.2 Å². The molecule has 6 heteroatoms. The molecule has 0 bridgehead atoms. The molecule has 1 heterocycles. The number of fused-ring (bicyclic) bond motifs is 1. The molecule has 0 atom stereocenters. The van der Waals surface area contributed by atoms with Gasteiger partial charge in [-0.05, 0) is 12.1 Å². The Labute approximate surface area is 102 Å². The molecule has 0 aliphatic carbocycles. The van der Waals surface area contributed by atoms with Crippen molar-refractivity contribution in [1.29, 1.82) is 0 Å². The van der Waals surface area contributed by atoms with Crippen LogP contribution in [0.25, 0.3) is 6.08 Å². The molecule has 1 aromatic carbocycles. The number of hydrogen-bond acceptors (Lipinski definition) is 3. The van der Waals surface area contributed by atoms with E-state index in [4.69, 9.17) is 15.2 Å². The number of alkyl halides is 3. The molecule has 98 valence electrons. The molecule has 0 amide bonds. The van der Waals surface area contributed by atoms with E-state index in [2.05, 4.69) is 0 Å². The Morgan fingerprint density at radius 2 is 1.94 bits per heavy atom. The van der Waals surface area contributed by atoms with Crippen molar-refractivity contribution in [2.45, 2.75) is 6.18 Å². The zero-order valence-electron chi connectivity index (χ0n) is 9.46. The van der Waals surface area contributed by atoms with Crippen LogP contribution in [0.3, 0.4) is 0 Å². The first-order chi connectivity index (χ1) is 8.54. The minimum atomic E-state index is -4.44. The summed E-state index contributed by atoms with van der Waals surface area (Å²) >= 11 is 0. The van der Waals surface area contributed by atoms with Gasteiger partial charge in [0, 0.05) is 12.1 Å². The Morgan fingerprint density at radius 3 is 2.61 bits per heavy atom. The van der Waals surface area contributed by atoms with Crippen LogP contribution in [0, 0.1) is 0 Å². The third-order valence-electron chi connectivity index (χ3n) is 2.47. The van der Waals surface area contributed by atoms with Gasteiger partial charge in [0.15, 0.2) is 11.5 Å². The Hall–Kier alpha value is -1.69. The number of ether oxygens (including phenoxy) is 2. The average molecular weight is 259 g/mol. The Morgan fingerprint density at radius 1 is 1.22 bits per heavy atom. The van der Waals surface area contributed by atoms with Crippen LogP contribution in [0.5, 0.6) is 11.5 Å². The SMILES string of the molecule is NC/C=C/c1c(C(F)(F)F)ccc2c1OCCO2.